The van der Waals surface area contributed by atoms with Crippen LogP contribution in [0.2, 0.25) is 0 Å². The number of nitrogens with one attached hydrogen (secondary N) is 1. The van der Waals surface area contributed by atoms with Gasteiger partial charge in [0.25, 0.3) is 0 Å². The van der Waals surface area contributed by atoms with Crippen LogP contribution >= 0.6 is 0 Å². The Balaban J connectivity index is 1.77. The SMILES string of the molecule is CCC(CCc1ccccc1)NCC(O)c1cccnc1. The zero-order valence-corrected chi connectivity index (χ0v) is 12.6. The van der Waals surface area contributed by atoms with Crippen LogP contribution in [0.1, 0.15) is 37.0 Å². The molecule has 2 atom stereocenters. The number of pyridine rings is 1. The molecule has 0 saturated carbocycles. The summed E-state index contributed by atoms with van der Waals surface area (Å²) in [5.41, 5.74) is 2.23. The molecule has 0 bridgehead atoms. The molecule has 1 aromatic carbocycles. The molecule has 0 spiro atoms. The van der Waals surface area contributed by atoms with Gasteiger partial charge in [0.05, 0.1) is 6.10 Å². The number of rotatable bonds is 8. The van der Waals surface area contributed by atoms with E-state index in [1.807, 2.05) is 18.2 Å². The van der Waals surface area contributed by atoms with E-state index in [4.69, 9.17) is 0 Å². The molecule has 2 unspecified atom stereocenters. The average Bonchev–Trinajstić information content (AvgIpc) is 2.56. The van der Waals surface area contributed by atoms with E-state index in [1.165, 1.54) is 5.56 Å². The van der Waals surface area contributed by atoms with Gasteiger partial charge in [0.15, 0.2) is 0 Å². The van der Waals surface area contributed by atoms with E-state index in [1.54, 1.807) is 12.4 Å². The van der Waals surface area contributed by atoms with Crippen LogP contribution < -0.4 is 5.32 Å². The lowest BCUT2D eigenvalue weighted by atomic mass is 10.0. The Morgan fingerprint density at radius 1 is 1.14 bits per heavy atom. The van der Waals surface area contributed by atoms with Gasteiger partial charge < -0.3 is 10.4 Å². The molecule has 0 amide bonds. The number of nitrogens with zero attached hydrogens (tertiary/aromatic N) is 1. The smallest absolute Gasteiger partial charge is 0.0929 e. The summed E-state index contributed by atoms with van der Waals surface area (Å²) < 4.78 is 0. The lowest BCUT2D eigenvalue weighted by Gasteiger charge is -2.19. The Labute approximate surface area is 127 Å². The van der Waals surface area contributed by atoms with Crippen molar-refractivity contribution in [3.8, 4) is 0 Å². The quantitative estimate of drug-likeness (QED) is 0.783. The van der Waals surface area contributed by atoms with E-state index in [-0.39, 0.29) is 0 Å². The fourth-order valence-corrected chi connectivity index (χ4v) is 2.41. The second-order valence-electron chi connectivity index (χ2n) is 5.34. The Morgan fingerprint density at radius 3 is 2.62 bits per heavy atom. The summed E-state index contributed by atoms with van der Waals surface area (Å²) >= 11 is 0. The molecule has 0 aliphatic rings. The molecule has 2 N–H and O–H groups in total. The van der Waals surface area contributed by atoms with E-state index >= 15 is 0 Å². The lowest BCUT2D eigenvalue weighted by Crippen LogP contribution is -2.32. The summed E-state index contributed by atoms with van der Waals surface area (Å²) in [6.07, 6.45) is 6.15. The summed E-state index contributed by atoms with van der Waals surface area (Å²) in [5, 5.41) is 13.6. The molecule has 0 fully saturated rings. The molecule has 2 aromatic rings. The molecule has 0 saturated heterocycles. The Morgan fingerprint density at radius 2 is 1.95 bits per heavy atom. The average molecular weight is 284 g/mol. The first-order valence-corrected chi connectivity index (χ1v) is 7.65. The number of aliphatic hydroxyl groups is 1. The van der Waals surface area contributed by atoms with E-state index < -0.39 is 6.10 Å². The summed E-state index contributed by atoms with van der Waals surface area (Å²) in [4.78, 5) is 4.04. The minimum atomic E-state index is -0.496. The van der Waals surface area contributed by atoms with Gasteiger partial charge in [0.2, 0.25) is 0 Å². The first-order chi connectivity index (χ1) is 10.3. The predicted octanol–water partition coefficient (Wildman–Crippen LogP) is 3.12. The Hall–Kier alpha value is -1.71. The zero-order valence-electron chi connectivity index (χ0n) is 12.6. The van der Waals surface area contributed by atoms with E-state index in [2.05, 4.69) is 41.5 Å². The molecule has 1 heterocycles. The van der Waals surface area contributed by atoms with Gasteiger partial charge in [-0.25, -0.2) is 0 Å². The number of aromatic nitrogens is 1. The third-order valence-corrected chi connectivity index (χ3v) is 3.79. The molecule has 112 valence electrons. The van der Waals surface area contributed by atoms with Crippen molar-refractivity contribution in [3.63, 3.8) is 0 Å². The fraction of sp³-hybridized carbons (Fsp3) is 0.389. The van der Waals surface area contributed by atoms with E-state index in [9.17, 15) is 5.11 Å². The summed E-state index contributed by atoms with van der Waals surface area (Å²) in [5.74, 6) is 0. The van der Waals surface area contributed by atoms with Crippen molar-refractivity contribution in [2.45, 2.75) is 38.3 Å². The predicted molar refractivity (Wildman–Crippen MR) is 86.0 cm³/mol. The van der Waals surface area contributed by atoms with Crippen LogP contribution in [0.3, 0.4) is 0 Å². The van der Waals surface area contributed by atoms with Crippen molar-refractivity contribution >= 4 is 0 Å². The van der Waals surface area contributed by atoms with Crippen LogP contribution in [0.25, 0.3) is 0 Å². The molecular formula is C18H24N2O. The minimum absolute atomic E-state index is 0.427. The van der Waals surface area contributed by atoms with E-state index in [0.29, 0.717) is 12.6 Å². The topological polar surface area (TPSA) is 45.1 Å². The lowest BCUT2D eigenvalue weighted by molar-refractivity contribution is 0.168. The van der Waals surface area contributed by atoms with Crippen LogP contribution in [0.15, 0.2) is 54.9 Å². The zero-order chi connectivity index (χ0) is 14.9. The van der Waals surface area contributed by atoms with Gasteiger partial charge in [0, 0.05) is 30.5 Å². The molecule has 21 heavy (non-hydrogen) atoms. The monoisotopic (exact) mass is 284 g/mol. The van der Waals surface area contributed by atoms with Crippen molar-refractivity contribution in [2.24, 2.45) is 0 Å². The van der Waals surface area contributed by atoms with Gasteiger partial charge in [0.1, 0.15) is 0 Å². The molecule has 0 aliphatic heterocycles. The first-order valence-electron chi connectivity index (χ1n) is 7.65. The molecule has 1 aromatic heterocycles. The maximum absolute atomic E-state index is 10.1. The van der Waals surface area contributed by atoms with Gasteiger partial charge in [-0.05, 0) is 30.9 Å². The van der Waals surface area contributed by atoms with Crippen molar-refractivity contribution in [3.05, 3.63) is 66.0 Å². The second kappa shape index (κ2) is 8.55. The minimum Gasteiger partial charge on any atom is -0.387 e. The molecule has 3 heteroatoms. The number of aryl methyl sites for hydroxylation is 1. The first kappa shape index (κ1) is 15.7. The third kappa shape index (κ3) is 5.29. The maximum Gasteiger partial charge on any atom is 0.0929 e. The van der Waals surface area contributed by atoms with E-state index in [0.717, 1.165) is 24.8 Å². The van der Waals surface area contributed by atoms with Crippen LogP contribution in [-0.2, 0) is 6.42 Å². The van der Waals surface area contributed by atoms with Gasteiger partial charge in [-0.2, -0.15) is 0 Å². The summed E-state index contributed by atoms with van der Waals surface area (Å²) in [6, 6.07) is 14.7. The van der Waals surface area contributed by atoms with Gasteiger partial charge >= 0.3 is 0 Å². The van der Waals surface area contributed by atoms with Crippen molar-refractivity contribution in [1.29, 1.82) is 0 Å². The molecule has 2 rings (SSSR count). The highest BCUT2D eigenvalue weighted by molar-refractivity contribution is 5.15. The number of aliphatic hydroxyl groups excluding tert-OH is 1. The Bertz CT molecular complexity index is 501. The van der Waals surface area contributed by atoms with Gasteiger partial charge in [-0.1, -0.05) is 43.3 Å². The van der Waals surface area contributed by atoms with Gasteiger partial charge in [-0.15, -0.1) is 0 Å². The number of benzene rings is 1. The van der Waals surface area contributed by atoms with Crippen LogP contribution in [0, 0.1) is 0 Å². The van der Waals surface area contributed by atoms with Crippen LogP contribution in [-0.4, -0.2) is 22.7 Å². The highest BCUT2D eigenvalue weighted by Crippen LogP contribution is 2.11. The Kier molecular flexibility index (Phi) is 6.38. The summed E-state index contributed by atoms with van der Waals surface area (Å²) in [6.45, 7) is 2.75. The molecule has 3 nitrogen and oxygen atoms in total. The summed E-state index contributed by atoms with van der Waals surface area (Å²) in [7, 11) is 0. The third-order valence-electron chi connectivity index (χ3n) is 3.79. The molecule has 0 aliphatic carbocycles. The second-order valence-corrected chi connectivity index (χ2v) is 5.34. The molecule has 0 radical (unpaired) electrons. The fourth-order valence-electron chi connectivity index (χ4n) is 2.41. The molecular weight excluding hydrogens is 260 g/mol. The van der Waals surface area contributed by atoms with Crippen molar-refractivity contribution in [1.82, 2.24) is 10.3 Å². The standard InChI is InChI=1S/C18H24N2O/c1-2-17(11-10-15-7-4-3-5-8-15)20-14-18(21)16-9-6-12-19-13-16/h3-9,12-13,17-18,20-21H,2,10-11,14H2,1H3. The van der Waals surface area contributed by atoms with Crippen LogP contribution in [0.5, 0.6) is 0 Å². The highest BCUT2D eigenvalue weighted by atomic mass is 16.3. The van der Waals surface area contributed by atoms with Crippen molar-refractivity contribution in [2.75, 3.05) is 6.54 Å². The number of hydrogen-bond acceptors (Lipinski definition) is 3. The number of hydrogen-bond donors (Lipinski definition) is 2. The van der Waals surface area contributed by atoms with Crippen molar-refractivity contribution < 1.29 is 5.11 Å². The van der Waals surface area contributed by atoms with Gasteiger partial charge in [-0.3, -0.25) is 4.98 Å². The maximum atomic E-state index is 10.1. The highest BCUT2D eigenvalue weighted by Gasteiger charge is 2.11. The normalized spacial score (nSPS) is 13.8. The largest absolute Gasteiger partial charge is 0.387 e. The van der Waals surface area contributed by atoms with Crippen LogP contribution in [0.4, 0.5) is 0 Å².